The molecule has 0 saturated carbocycles. The fourth-order valence-electron chi connectivity index (χ4n) is 4.40. The van der Waals surface area contributed by atoms with E-state index in [1.54, 1.807) is 0 Å². The maximum absolute atomic E-state index is 6.09. The molecule has 1 aliphatic carbocycles. The highest BCUT2D eigenvalue weighted by Gasteiger charge is 2.23. The molecule has 0 bridgehead atoms. The van der Waals surface area contributed by atoms with E-state index in [9.17, 15) is 0 Å². The predicted octanol–water partition coefficient (Wildman–Crippen LogP) is 7.75. The number of rotatable bonds is 2. The van der Waals surface area contributed by atoms with Crippen LogP contribution in [0.15, 0.2) is 97.1 Å². The van der Waals surface area contributed by atoms with Crippen LogP contribution < -0.4 is 0 Å². The van der Waals surface area contributed by atoms with Crippen LogP contribution in [0.1, 0.15) is 29.0 Å². The fraction of sp³-hybridized carbons (Fsp3) is 0.111. The van der Waals surface area contributed by atoms with Crippen molar-refractivity contribution in [2.75, 3.05) is 0 Å². The summed E-state index contributed by atoms with van der Waals surface area (Å²) in [6, 6.07) is 34.8. The first-order valence-corrected chi connectivity index (χ1v) is 10.2. The average molecular weight is 381 g/mol. The molecule has 136 valence electrons. The summed E-state index contributed by atoms with van der Waals surface area (Å²) in [6.07, 6.45) is 2.23. The zero-order valence-electron chi connectivity index (χ0n) is 15.6. The molecule has 0 aromatic heterocycles. The Morgan fingerprint density at radius 1 is 0.643 bits per heavy atom. The summed E-state index contributed by atoms with van der Waals surface area (Å²) in [4.78, 5) is 0. The second kappa shape index (κ2) is 7.30. The van der Waals surface area contributed by atoms with Crippen molar-refractivity contribution in [2.45, 2.75) is 18.8 Å². The molecule has 0 saturated heterocycles. The number of hydrogen-bond donors (Lipinski definition) is 0. The third kappa shape index (κ3) is 3.15. The molecular formula is C27H21Cl. The van der Waals surface area contributed by atoms with Crippen LogP contribution in [0.2, 0.25) is 5.02 Å². The van der Waals surface area contributed by atoms with E-state index in [1.807, 2.05) is 12.1 Å². The lowest BCUT2D eigenvalue weighted by Crippen LogP contribution is -2.02. The van der Waals surface area contributed by atoms with E-state index >= 15 is 0 Å². The first-order valence-electron chi connectivity index (χ1n) is 9.83. The first-order chi connectivity index (χ1) is 13.8. The number of aryl methyl sites for hydroxylation is 1. The van der Waals surface area contributed by atoms with Gasteiger partial charge in [-0.1, -0.05) is 90.5 Å². The first kappa shape index (κ1) is 17.3. The molecule has 1 aliphatic rings. The van der Waals surface area contributed by atoms with E-state index in [4.69, 9.17) is 11.6 Å². The van der Waals surface area contributed by atoms with Crippen molar-refractivity contribution in [3.63, 3.8) is 0 Å². The molecule has 0 aliphatic heterocycles. The fourth-order valence-corrected chi connectivity index (χ4v) is 4.53. The van der Waals surface area contributed by atoms with Gasteiger partial charge in [0.25, 0.3) is 0 Å². The van der Waals surface area contributed by atoms with Crippen LogP contribution in [0, 0.1) is 0 Å². The third-order valence-corrected chi connectivity index (χ3v) is 6.07. The van der Waals surface area contributed by atoms with E-state index in [1.165, 1.54) is 38.9 Å². The Balaban J connectivity index is 1.70. The lowest BCUT2D eigenvalue weighted by atomic mass is 9.84. The predicted molar refractivity (Wildman–Crippen MR) is 119 cm³/mol. The van der Waals surface area contributed by atoms with Gasteiger partial charge in [0.1, 0.15) is 0 Å². The quantitative estimate of drug-likeness (QED) is 0.333. The molecule has 0 N–H and O–H groups in total. The van der Waals surface area contributed by atoms with Gasteiger partial charge in [-0.15, -0.1) is 0 Å². The highest BCUT2D eigenvalue weighted by atomic mass is 35.5. The minimum absolute atomic E-state index is 0.419. The van der Waals surface area contributed by atoms with E-state index in [0.717, 1.165) is 17.9 Å². The molecular weight excluding hydrogens is 360 g/mol. The Morgan fingerprint density at radius 2 is 1.36 bits per heavy atom. The van der Waals surface area contributed by atoms with Gasteiger partial charge in [0.05, 0.1) is 0 Å². The molecule has 0 radical (unpaired) electrons. The summed E-state index contributed by atoms with van der Waals surface area (Å²) >= 11 is 6.09. The zero-order valence-corrected chi connectivity index (χ0v) is 16.4. The Morgan fingerprint density at radius 3 is 2.18 bits per heavy atom. The Labute approximate surface area is 171 Å². The molecule has 0 amide bonds. The standard InChI is InChI=1S/C27H21Cl/c28-23-14-10-19(11-15-23)22-13-17-26-25(20-6-2-1-3-7-20)16-12-21-8-4-5-9-24(21)27(26)18-22/h1-11,13-15,17-18,25H,12,16H2. The van der Waals surface area contributed by atoms with Gasteiger partial charge in [-0.3, -0.25) is 0 Å². The number of fused-ring (bicyclic) bond motifs is 3. The molecule has 0 fully saturated rings. The van der Waals surface area contributed by atoms with Crippen LogP contribution in [0.3, 0.4) is 0 Å². The summed E-state index contributed by atoms with van der Waals surface area (Å²) < 4.78 is 0. The molecule has 5 rings (SSSR count). The molecule has 4 aromatic rings. The normalized spacial score (nSPS) is 15.4. The minimum Gasteiger partial charge on any atom is -0.0843 e. The highest BCUT2D eigenvalue weighted by molar-refractivity contribution is 6.30. The summed E-state index contributed by atoms with van der Waals surface area (Å²) in [5.41, 5.74) is 9.42. The van der Waals surface area contributed by atoms with Crippen molar-refractivity contribution >= 4 is 11.6 Å². The largest absolute Gasteiger partial charge is 0.0843 e. The van der Waals surface area contributed by atoms with Gasteiger partial charge in [0.15, 0.2) is 0 Å². The maximum atomic E-state index is 6.09. The van der Waals surface area contributed by atoms with Crippen LogP contribution in [0.5, 0.6) is 0 Å². The summed E-state index contributed by atoms with van der Waals surface area (Å²) in [5, 5.41) is 0.771. The second-order valence-electron chi connectivity index (χ2n) is 7.47. The van der Waals surface area contributed by atoms with Crippen LogP contribution in [-0.4, -0.2) is 0 Å². The summed E-state index contributed by atoms with van der Waals surface area (Å²) in [5.74, 6) is 0.419. The van der Waals surface area contributed by atoms with Crippen molar-refractivity contribution in [1.29, 1.82) is 0 Å². The smallest absolute Gasteiger partial charge is 0.0406 e. The Bertz CT molecular complexity index is 1110. The summed E-state index contributed by atoms with van der Waals surface area (Å²) in [7, 11) is 0. The van der Waals surface area contributed by atoms with Gasteiger partial charge in [-0.2, -0.15) is 0 Å². The van der Waals surface area contributed by atoms with Crippen LogP contribution in [-0.2, 0) is 6.42 Å². The molecule has 4 aromatic carbocycles. The molecule has 0 heterocycles. The van der Waals surface area contributed by atoms with Gasteiger partial charge < -0.3 is 0 Å². The SMILES string of the molecule is Clc1ccc(-c2ccc3c(c2)-c2ccccc2CCC3c2ccccc2)cc1. The third-order valence-electron chi connectivity index (χ3n) is 5.82. The second-order valence-corrected chi connectivity index (χ2v) is 7.90. The monoisotopic (exact) mass is 380 g/mol. The minimum atomic E-state index is 0.419. The van der Waals surface area contributed by atoms with Crippen molar-refractivity contribution in [1.82, 2.24) is 0 Å². The van der Waals surface area contributed by atoms with Crippen molar-refractivity contribution in [3.05, 3.63) is 119 Å². The molecule has 0 nitrogen and oxygen atoms in total. The lowest BCUT2D eigenvalue weighted by molar-refractivity contribution is 0.726. The molecule has 1 heteroatoms. The van der Waals surface area contributed by atoms with Crippen LogP contribution >= 0.6 is 11.6 Å². The van der Waals surface area contributed by atoms with Crippen LogP contribution in [0.4, 0.5) is 0 Å². The molecule has 1 unspecified atom stereocenters. The van der Waals surface area contributed by atoms with Gasteiger partial charge in [-0.25, -0.2) is 0 Å². The van der Waals surface area contributed by atoms with Gasteiger partial charge in [0.2, 0.25) is 0 Å². The number of halogens is 1. The van der Waals surface area contributed by atoms with E-state index < -0.39 is 0 Å². The highest BCUT2D eigenvalue weighted by Crippen LogP contribution is 2.42. The number of benzene rings is 4. The van der Waals surface area contributed by atoms with Gasteiger partial charge >= 0.3 is 0 Å². The topological polar surface area (TPSA) is 0 Å². The van der Waals surface area contributed by atoms with E-state index in [-0.39, 0.29) is 0 Å². The number of hydrogen-bond acceptors (Lipinski definition) is 0. The molecule has 1 atom stereocenters. The van der Waals surface area contributed by atoms with Crippen molar-refractivity contribution in [3.8, 4) is 22.3 Å². The van der Waals surface area contributed by atoms with Gasteiger partial charge in [-0.05, 0) is 70.0 Å². The molecule has 0 spiro atoms. The van der Waals surface area contributed by atoms with Gasteiger partial charge in [0, 0.05) is 10.9 Å². The maximum Gasteiger partial charge on any atom is 0.0406 e. The average Bonchev–Trinajstić information content (AvgIpc) is 2.92. The Kier molecular flexibility index (Phi) is 4.50. The van der Waals surface area contributed by atoms with E-state index in [0.29, 0.717) is 5.92 Å². The van der Waals surface area contributed by atoms with Crippen LogP contribution in [0.25, 0.3) is 22.3 Å². The summed E-state index contributed by atoms with van der Waals surface area (Å²) in [6.45, 7) is 0. The zero-order chi connectivity index (χ0) is 18.9. The molecule has 28 heavy (non-hydrogen) atoms. The Hall–Kier alpha value is -2.83. The van der Waals surface area contributed by atoms with Crippen molar-refractivity contribution < 1.29 is 0 Å². The van der Waals surface area contributed by atoms with Crippen molar-refractivity contribution in [2.24, 2.45) is 0 Å². The van der Waals surface area contributed by atoms with E-state index in [2.05, 4.69) is 84.9 Å². The lowest BCUT2D eigenvalue weighted by Gasteiger charge is -2.19.